The summed E-state index contributed by atoms with van der Waals surface area (Å²) in [5.41, 5.74) is 5.33. The van der Waals surface area contributed by atoms with E-state index in [1.54, 1.807) is 12.1 Å². The van der Waals surface area contributed by atoms with Crippen LogP contribution in [0, 0.1) is 11.3 Å². The van der Waals surface area contributed by atoms with Crippen molar-refractivity contribution in [2.45, 2.75) is 32.9 Å². The third-order valence-corrected chi connectivity index (χ3v) is 4.62. The van der Waals surface area contributed by atoms with E-state index in [2.05, 4.69) is 4.98 Å². The fourth-order valence-electron chi connectivity index (χ4n) is 3.03. The minimum absolute atomic E-state index is 0.0644. The lowest BCUT2D eigenvalue weighted by Crippen LogP contribution is -2.41. The Labute approximate surface area is 172 Å². The Hall–Kier alpha value is -4.06. The number of nitriles is 1. The average Bonchev–Trinajstić information content (AvgIpc) is 3.25. The number of unbranched alkanes of at least 4 members (excludes halogenated alkanes) is 1. The van der Waals surface area contributed by atoms with Crippen LogP contribution in [0.2, 0.25) is 0 Å². The topological polar surface area (TPSA) is 138 Å². The zero-order chi connectivity index (χ0) is 21.7. The van der Waals surface area contributed by atoms with E-state index in [0.717, 1.165) is 6.42 Å². The van der Waals surface area contributed by atoms with Gasteiger partial charge in [0.1, 0.15) is 11.6 Å². The molecule has 154 valence electrons. The molecule has 0 aliphatic heterocycles. The van der Waals surface area contributed by atoms with Gasteiger partial charge in [0.15, 0.2) is 5.69 Å². The molecule has 2 heterocycles. The molecule has 0 atom stereocenters. The first-order chi connectivity index (χ1) is 14.5. The fourth-order valence-corrected chi connectivity index (χ4v) is 3.03. The molecule has 1 aromatic carbocycles. The van der Waals surface area contributed by atoms with Gasteiger partial charge >= 0.3 is 5.69 Å². The number of aromatic amines is 1. The number of nitrogens with two attached hydrogens (primary N) is 1. The quantitative estimate of drug-likeness (QED) is 0.616. The highest BCUT2D eigenvalue weighted by Crippen LogP contribution is 2.22. The summed E-state index contributed by atoms with van der Waals surface area (Å²) in [4.78, 5) is 41.6. The van der Waals surface area contributed by atoms with Gasteiger partial charge in [-0.25, -0.2) is 4.79 Å². The number of benzene rings is 1. The van der Waals surface area contributed by atoms with Gasteiger partial charge in [0.25, 0.3) is 11.5 Å². The van der Waals surface area contributed by atoms with Crippen molar-refractivity contribution in [2.75, 3.05) is 10.6 Å². The van der Waals surface area contributed by atoms with E-state index >= 15 is 0 Å². The molecule has 3 N–H and O–H groups in total. The van der Waals surface area contributed by atoms with Crippen LogP contribution in [0.25, 0.3) is 0 Å². The first kappa shape index (κ1) is 20.7. The molecule has 9 heteroatoms. The molecule has 0 aliphatic rings. The monoisotopic (exact) mass is 407 g/mol. The SMILES string of the molecule is CCCCn1c(N)c(N(Cc2ccco2)C(=O)c2ccc(C#N)cc2)c(=O)[nH]c1=O. The van der Waals surface area contributed by atoms with Crippen molar-refractivity contribution in [3.63, 3.8) is 0 Å². The summed E-state index contributed by atoms with van der Waals surface area (Å²) in [5.74, 6) is -0.179. The number of hydrogen-bond acceptors (Lipinski definition) is 6. The summed E-state index contributed by atoms with van der Waals surface area (Å²) in [6.45, 7) is 2.21. The Kier molecular flexibility index (Phi) is 6.17. The van der Waals surface area contributed by atoms with Crippen molar-refractivity contribution >= 4 is 17.4 Å². The Morgan fingerprint density at radius 1 is 1.27 bits per heavy atom. The Morgan fingerprint density at radius 3 is 2.60 bits per heavy atom. The van der Waals surface area contributed by atoms with Crippen molar-refractivity contribution in [1.29, 1.82) is 5.26 Å². The minimum atomic E-state index is -0.765. The first-order valence-corrected chi connectivity index (χ1v) is 9.43. The van der Waals surface area contributed by atoms with E-state index in [4.69, 9.17) is 15.4 Å². The molecule has 30 heavy (non-hydrogen) atoms. The summed E-state index contributed by atoms with van der Waals surface area (Å²) >= 11 is 0. The van der Waals surface area contributed by atoms with Crippen molar-refractivity contribution < 1.29 is 9.21 Å². The standard InChI is InChI=1S/C21H21N5O4/c1-2-3-10-25-18(23)17(19(27)24-21(25)29)26(13-16-5-4-11-30-16)20(28)15-8-6-14(12-22)7-9-15/h4-9,11H,2-3,10,13,23H2,1H3,(H,24,27,29). The normalized spacial score (nSPS) is 10.5. The number of hydrogen-bond donors (Lipinski definition) is 2. The van der Waals surface area contributed by atoms with Gasteiger partial charge in [-0.15, -0.1) is 0 Å². The van der Waals surface area contributed by atoms with Crippen molar-refractivity contribution in [3.05, 3.63) is 80.4 Å². The summed E-state index contributed by atoms with van der Waals surface area (Å²) in [5, 5.41) is 8.97. The number of H-pyrrole nitrogens is 1. The van der Waals surface area contributed by atoms with Crippen LogP contribution in [0.3, 0.4) is 0 Å². The van der Waals surface area contributed by atoms with E-state index < -0.39 is 17.2 Å². The van der Waals surface area contributed by atoms with Crippen molar-refractivity contribution in [1.82, 2.24) is 9.55 Å². The number of furan rings is 1. The molecular formula is C21H21N5O4. The van der Waals surface area contributed by atoms with Crippen LogP contribution in [0.5, 0.6) is 0 Å². The summed E-state index contributed by atoms with van der Waals surface area (Å²) in [7, 11) is 0. The predicted octanol–water partition coefficient (Wildman–Crippen LogP) is 2.23. The molecule has 0 spiro atoms. The highest BCUT2D eigenvalue weighted by molar-refractivity contribution is 6.07. The highest BCUT2D eigenvalue weighted by atomic mass is 16.3. The molecule has 0 unspecified atom stereocenters. The molecule has 0 bridgehead atoms. The molecule has 0 fully saturated rings. The average molecular weight is 407 g/mol. The number of nitrogen functional groups attached to an aromatic ring is 1. The maximum Gasteiger partial charge on any atom is 0.330 e. The molecule has 3 aromatic rings. The number of carbonyl (C=O) groups excluding carboxylic acids is 1. The van der Waals surface area contributed by atoms with E-state index in [0.29, 0.717) is 24.3 Å². The van der Waals surface area contributed by atoms with Crippen LogP contribution >= 0.6 is 0 Å². The molecule has 0 saturated carbocycles. The van der Waals surface area contributed by atoms with Gasteiger partial charge < -0.3 is 10.2 Å². The molecule has 0 saturated heterocycles. The second kappa shape index (κ2) is 8.96. The highest BCUT2D eigenvalue weighted by Gasteiger charge is 2.26. The molecular weight excluding hydrogens is 386 g/mol. The van der Waals surface area contributed by atoms with Crippen molar-refractivity contribution in [3.8, 4) is 6.07 Å². The minimum Gasteiger partial charge on any atom is -0.467 e. The third-order valence-electron chi connectivity index (χ3n) is 4.62. The van der Waals surface area contributed by atoms with E-state index in [-0.39, 0.29) is 23.6 Å². The second-order valence-electron chi connectivity index (χ2n) is 6.66. The number of nitrogens with one attached hydrogen (secondary N) is 1. The number of aromatic nitrogens is 2. The van der Waals surface area contributed by atoms with Crippen LogP contribution in [-0.4, -0.2) is 15.5 Å². The first-order valence-electron chi connectivity index (χ1n) is 9.43. The maximum absolute atomic E-state index is 13.3. The Bertz CT molecular complexity index is 1180. The summed E-state index contributed by atoms with van der Waals surface area (Å²) < 4.78 is 6.60. The smallest absolute Gasteiger partial charge is 0.330 e. The van der Waals surface area contributed by atoms with Crippen LogP contribution in [0.15, 0.2) is 56.7 Å². The van der Waals surface area contributed by atoms with Crippen molar-refractivity contribution in [2.24, 2.45) is 0 Å². The van der Waals surface area contributed by atoms with Gasteiger partial charge in [-0.2, -0.15) is 5.26 Å². The van der Waals surface area contributed by atoms with Crippen LogP contribution in [-0.2, 0) is 13.1 Å². The number of amides is 1. The molecule has 0 radical (unpaired) electrons. The van der Waals surface area contributed by atoms with E-state index in [1.807, 2.05) is 13.0 Å². The number of rotatable bonds is 7. The largest absolute Gasteiger partial charge is 0.467 e. The number of carbonyl (C=O) groups is 1. The maximum atomic E-state index is 13.3. The van der Waals surface area contributed by atoms with Gasteiger partial charge in [-0.3, -0.25) is 24.0 Å². The lowest BCUT2D eigenvalue weighted by Gasteiger charge is -2.24. The Morgan fingerprint density at radius 2 is 2.00 bits per heavy atom. The zero-order valence-electron chi connectivity index (χ0n) is 16.4. The lowest BCUT2D eigenvalue weighted by atomic mass is 10.1. The molecule has 1 amide bonds. The lowest BCUT2D eigenvalue weighted by molar-refractivity contribution is 0.0983. The molecule has 0 aliphatic carbocycles. The third kappa shape index (κ3) is 4.17. The summed E-state index contributed by atoms with van der Waals surface area (Å²) in [6, 6.07) is 11.3. The predicted molar refractivity (Wildman–Crippen MR) is 111 cm³/mol. The summed E-state index contributed by atoms with van der Waals surface area (Å²) in [6.07, 6.45) is 2.95. The number of nitrogens with zero attached hydrogens (tertiary/aromatic N) is 3. The van der Waals surface area contributed by atoms with E-state index in [9.17, 15) is 14.4 Å². The van der Waals surface area contributed by atoms with Crippen LogP contribution in [0.4, 0.5) is 11.5 Å². The van der Waals surface area contributed by atoms with Gasteiger partial charge in [-0.05, 0) is 42.8 Å². The van der Waals surface area contributed by atoms with E-state index in [1.165, 1.54) is 40.0 Å². The second-order valence-corrected chi connectivity index (χ2v) is 6.66. The Balaban J connectivity index is 2.13. The molecule has 9 nitrogen and oxygen atoms in total. The van der Waals surface area contributed by atoms with Crippen LogP contribution < -0.4 is 21.9 Å². The van der Waals surface area contributed by atoms with Crippen LogP contribution in [0.1, 0.15) is 41.4 Å². The van der Waals surface area contributed by atoms with Gasteiger partial charge in [0.2, 0.25) is 0 Å². The van der Waals surface area contributed by atoms with Gasteiger partial charge in [-0.1, -0.05) is 13.3 Å². The van der Waals surface area contributed by atoms with Gasteiger partial charge in [0, 0.05) is 12.1 Å². The molecule has 3 rings (SSSR count). The molecule has 2 aromatic heterocycles. The van der Waals surface area contributed by atoms with Gasteiger partial charge in [0.05, 0.1) is 24.4 Å². The number of anilines is 2. The fraction of sp³-hybridized carbons (Fsp3) is 0.238. The zero-order valence-corrected chi connectivity index (χ0v) is 16.4.